The van der Waals surface area contributed by atoms with Crippen molar-refractivity contribution in [3.63, 3.8) is 0 Å². The maximum atomic E-state index is 12.9. The number of carbonyl (C=O) groups is 1. The van der Waals surface area contributed by atoms with E-state index in [0.29, 0.717) is 6.42 Å². The maximum Gasteiger partial charge on any atom is 0.573 e. The minimum Gasteiger partial charge on any atom is -0.462 e. The second kappa shape index (κ2) is 8.99. The van der Waals surface area contributed by atoms with Crippen molar-refractivity contribution < 1.29 is 32.4 Å². The van der Waals surface area contributed by atoms with Crippen LogP contribution in [-0.4, -0.2) is 23.9 Å². The predicted octanol–water partition coefficient (Wildman–Crippen LogP) is 5.03. The molecule has 1 N–H and O–H groups in total. The maximum absolute atomic E-state index is 12.9. The minimum absolute atomic E-state index is 0.0586. The lowest BCUT2D eigenvalue weighted by Gasteiger charge is -2.28. The van der Waals surface area contributed by atoms with Crippen molar-refractivity contribution in [3.8, 4) is 5.75 Å². The first kappa shape index (κ1) is 24.2. The first-order valence-corrected chi connectivity index (χ1v) is 9.56. The highest BCUT2D eigenvalue weighted by molar-refractivity contribution is 5.92. The van der Waals surface area contributed by atoms with Gasteiger partial charge in [0.25, 0.3) is 5.70 Å². The van der Waals surface area contributed by atoms with Gasteiger partial charge in [-0.2, -0.15) is 0 Å². The summed E-state index contributed by atoms with van der Waals surface area (Å²) >= 11 is 0. The van der Waals surface area contributed by atoms with Gasteiger partial charge in [0.05, 0.1) is 22.8 Å². The second-order valence-electron chi connectivity index (χ2n) is 8.40. The number of nitro groups is 1. The second-order valence-corrected chi connectivity index (χ2v) is 8.40. The Balaban J connectivity index is 2.56. The molecule has 1 aliphatic heterocycles. The normalized spacial score (nSPS) is 17.4. The van der Waals surface area contributed by atoms with E-state index in [-0.39, 0.29) is 34.6 Å². The smallest absolute Gasteiger partial charge is 0.462 e. The zero-order valence-corrected chi connectivity index (χ0v) is 17.9. The molecular weight excluding hydrogens is 417 g/mol. The van der Waals surface area contributed by atoms with E-state index in [4.69, 9.17) is 4.74 Å². The van der Waals surface area contributed by atoms with E-state index in [1.165, 1.54) is 32.0 Å². The van der Waals surface area contributed by atoms with Crippen molar-refractivity contribution in [1.82, 2.24) is 5.32 Å². The summed E-state index contributed by atoms with van der Waals surface area (Å²) in [5, 5.41) is 14.6. The summed E-state index contributed by atoms with van der Waals surface area (Å²) in [6, 6.07) is 5.05. The molecule has 0 aromatic heterocycles. The number of hydrogen-bond donors (Lipinski definition) is 1. The fraction of sp³-hybridized carbons (Fsp3) is 0.476. The summed E-state index contributed by atoms with van der Waals surface area (Å²) in [5.74, 6) is -2.87. The van der Waals surface area contributed by atoms with E-state index in [1.807, 2.05) is 20.8 Å². The number of ether oxygens (including phenoxy) is 2. The molecule has 7 nitrogen and oxygen atoms in total. The highest BCUT2D eigenvalue weighted by Crippen LogP contribution is 2.43. The molecule has 0 spiro atoms. The number of allylic oxidation sites excluding steroid dienone is 3. The number of halogens is 3. The van der Waals surface area contributed by atoms with E-state index >= 15 is 0 Å². The van der Waals surface area contributed by atoms with Crippen LogP contribution in [0.2, 0.25) is 0 Å². The van der Waals surface area contributed by atoms with Crippen LogP contribution in [0.1, 0.15) is 52.5 Å². The predicted molar refractivity (Wildman–Crippen MR) is 106 cm³/mol. The quantitative estimate of drug-likeness (QED) is 0.377. The van der Waals surface area contributed by atoms with Gasteiger partial charge in [0, 0.05) is 11.3 Å². The van der Waals surface area contributed by atoms with Crippen LogP contribution in [0.3, 0.4) is 0 Å². The Morgan fingerprint density at radius 2 is 1.77 bits per heavy atom. The van der Waals surface area contributed by atoms with E-state index in [0.717, 1.165) is 6.07 Å². The van der Waals surface area contributed by atoms with Crippen molar-refractivity contribution in [2.24, 2.45) is 5.41 Å². The summed E-state index contributed by atoms with van der Waals surface area (Å²) in [4.78, 5) is 24.0. The average Bonchev–Trinajstić information content (AvgIpc) is 2.58. The summed E-state index contributed by atoms with van der Waals surface area (Å²) in [6.45, 7) is 8.86. The molecule has 0 saturated carbocycles. The summed E-state index contributed by atoms with van der Waals surface area (Å²) in [6.07, 6.45) is -4.48. The molecule has 170 valence electrons. The largest absolute Gasteiger partial charge is 0.573 e. The number of nitrogens with one attached hydrogen (secondary N) is 1. The number of dihydropyridines is 1. The van der Waals surface area contributed by atoms with Crippen molar-refractivity contribution >= 4 is 5.97 Å². The SMILES string of the molecule is CC1=C(C(=O)OCCC(C)(C)C)C(c2ccccc2OC(F)(F)F)C([N+](=O)[O-])=C(C)N1. The molecule has 1 unspecified atom stereocenters. The third kappa shape index (κ3) is 6.22. The van der Waals surface area contributed by atoms with Crippen LogP contribution in [-0.2, 0) is 9.53 Å². The van der Waals surface area contributed by atoms with E-state index < -0.39 is 34.6 Å². The molecule has 1 atom stereocenters. The van der Waals surface area contributed by atoms with Crippen LogP contribution in [0.5, 0.6) is 5.75 Å². The topological polar surface area (TPSA) is 90.7 Å². The molecule has 0 radical (unpaired) electrons. The average molecular weight is 442 g/mol. The van der Waals surface area contributed by atoms with Crippen LogP contribution in [0.15, 0.2) is 46.9 Å². The number of alkyl halides is 3. The zero-order chi connectivity index (χ0) is 23.6. The third-order valence-electron chi connectivity index (χ3n) is 4.68. The van der Waals surface area contributed by atoms with Gasteiger partial charge in [0.15, 0.2) is 0 Å². The number of rotatable bonds is 6. The van der Waals surface area contributed by atoms with E-state index in [1.54, 1.807) is 0 Å². The van der Waals surface area contributed by atoms with Gasteiger partial charge in [0.2, 0.25) is 0 Å². The molecule has 1 aromatic rings. The van der Waals surface area contributed by atoms with Gasteiger partial charge >= 0.3 is 12.3 Å². The number of esters is 1. The molecule has 1 heterocycles. The number of para-hydroxylation sites is 1. The highest BCUT2D eigenvalue weighted by Gasteiger charge is 2.43. The Morgan fingerprint density at radius 1 is 1.16 bits per heavy atom. The minimum atomic E-state index is -5.01. The first-order valence-electron chi connectivity index (χ1n) is 9.56. The van der Waals surface area contributed by atoms with Crippen molar-refractivity contribution in [1.29, 1.82) is 0 Å². The standard InChI is InChI=1S/C21H25F3N2O5/c1-12-16(19(27)30-11-10-20(3,4)5)17(18(26(28)29)13(2)25-12)14-8-6-7-9-15(14)31-21(22,23)24/h6-9,17,25H,10-11H2,1-5H3. The lowest BCUT2D eigenvalue weighted by Crippen LogP contribution is -2.32. The molecule has 2 rings (SSSR count). The van der Waals surface area contributed by atoms with Gasteiger partial charge in [-0.1, -0.05) is 39.0 Å². The van der Waals surface area contributed by atoms with Crippen LogP contribution >= 0.6 is 0 Å². The van der Waals surface area contributed by atoms with E-state index in [9.17, 15) is 28.1 Å². The Bertz CT molecular complexity index is 930. The molecule has 0 fully saturated rings. The number of hydrogen-bond acceptors (Lipinski definition) is 6. The fourth-order valence-corrected chi connectivity index (χ4v) is 3.26. The molecule has 0 aliphatic carbocycles. The molecule has 1 aliphatic rings. The number of nitrogens with zero attached hydrogens (tertiary/aromatic N) is 1. The van der Waals surface area contributed by atoms with Gasteiger partial charge in [-0.05, 0) is 31.7 Å². The Hall–Kier alpha value is -3.04. The van der Waals surface area contributed by atoms with Gasteiger partial charge in [-0.25, -0.2) is 4.79 Å². The lowest BCUT2D eigenvalue weighted by atomic mass is 9.83. The molecule has 31 heavy (non-hydrogen) atoms. The molecule has 0 saturated heterocycles. The fourth-order valence-electron chi connectivity index (χ4n) is 3.26. The van der Waals surface area contributed by atoms with Crippen molar-refractivity contribution in [2.45, 2.75) is 53.3 Å². The van der Waals surface area contributed by atoms with Crippen molar-refractivity contribution in [3.05, 3.63) is 62.6 Å². The Kier molecular flexibility index (Phi) is 7.03. The number of benzene rings is 1. The van der Waals surface area contributed by atoms with Gasteiger partial charge in [0.1, 0.15) is 11.7 Å². The van der Waals surface area contributed by atoms with Crippen molar-refractivity contribution in [2.75, 3.05) is 6.61 Å². The van der Waals surface area contributed by atoms with Crippen LogP contribution in [0, 0.1) is 15.5 Å². The zero-order valence-electron chi connectivity index (χ0n) is 17.9. The summed E-state index contributed by atoms with van der Waals surface area (Å²) < 4.78 is 48.3. The van der Waals surface area contributed by atoms with Crippen LogP contribution in [0.25, 0.3) is 0 Å². The van der Waals surface area contributed by atoms with Crippen LogP contribution in [0.4, 0.5) is 13.2 Å². The summed E-state index contributed by atoms with van der Waals surface area (Å²) in [7, 11) is 0. The van der Waals surface area contributed by atoms with Crippen LogP contribution < -0.4 is 10.1 Å². The molecule has 0 amide bonds. The number of carbonyl (C=O) groups excluding carboxylic acids is 1. The lowest BCUT2D eigenvalue weighted by molar-refractivity contribution is -0.431. The Morgan fingerprint density at radius 3 is 2.32 bits per heavy atom. The molecule has 10 heteroatoms. The first-order chi connectivity index (χ1) is 14.2. The van der Waals surface area contributed by atoms with E-state index in [2.05, 4.69) is 10.1 Å². The van der Waals surface area contributed by atoms with Gasteiger partial charge in [-0.15, -0.1) is 13.2 Å². The molecular formula is C21H25F3N2O5. The monoisotopic (exact) mass is 442 g/mol. The highest BCUT2D eigenvalue weighted by atomic mass is 19.4. The summed E-state index contributed by atoms with van der Waals surface area (Å²) in [5.41, 5.74) is -0.495. The molecule has 0 bridgehead atoms. The molecule has 1 aromatic carbocycles. The van der Waals surface area contributed by atoms with Gasteiger partial charge in [-0.3, -0.25) is 10.1 Å². The Labute approximate surface area is 178 Å². The third-order valence-corrected chi connectivity index (χ3v) is 4.68. The van der Waals surface area contributed by atoms with Gasteiger partial charge < -0.3 is 14.8 Å².